The maximum atomic E-state index is 4.57. The van der Waals surface area contributed by atoms with Crippen LogP contribution in [0.1, 0.15) is 36.3 Å². The lowest BCUT2D eigenvalue weighted by Crippen LogP contribution is -2.19. The van der Waals surface area contributed by atoms with Gasteiger partial charge in [0.15, 0.2) is 0 Å². The zero-order valence-corrected chi connectivity index (χ0v) is 12.2. The molecule has 1 atom stereocenters. The molecule has 0 aliphatic carbocycles. The minimum absolute atomic E-state index is 0.522. The number of nitrogens with zero attached hydrogens (tertiary/aromatic N) is 4. The smallest absolute Gasteiger partial charge is 0.205 e. The van der Waals surface area contributed by atoms with Gasteiger partial charge < -0.3 is 4.90 Å². The Bertz CT molecular complexity index is 566. The molecule has 0 radical (unpaired) electrons. The molecule has 3 heterocycles. The Labute approximate surface area is 117 Å². The molecule has 0 bridgehead atoms. The molecule has 0 unspecified atom stereocenters. The second-order valence-electron chi connectivity index (χ2n) is 5.04. The third-order valence-corrected chi connectivity index (χ3v) is 4.40. The highest BCUT2D eigenvalue weighted by Gasteiger charge is 2.27. The van der Waals surface area contributed by atoms with Gasteiger partial charge in [-0.1, -0.05) is 6.92 Å². The Kier molecular flexibility index (Phi) is 3.46. The van der Waals surface area contributed by atoms with Crippen LogP contribution in [-0.2, 0) is 6.42 Å². The highest BCUT2D eigenvalue weighted by molar-refractivity contribution is 7.09. The van der Waals surface area contributed by atoms with E-state index >= 15 is 0 Å². The molecular formula is C14H18N4S. The first-order valence-electron chi connectivity index (χ1n) is 6.76. The number of aromatic nitrogens is 3. The standard InChI is InChI=1S/C14H18N4S/c1-3-13-16-14(19-17-13)18-7-5-11(9-18)12-8-10(2)4-6-15-12/h4,6,8,11H,3,5,7,9H2,1-2H3/t11-/m0/s1. The lowest BCUT2D eigenvalue weighted by molar-refractivity contribution is 0.743. The fourth-order valence-electron chi connectivity index (χ4n) is 2.48. The second-order valence-corrected chi connectivity index (χ2v) is 5.77. The van der Waals surface area contributed by atoms with Crippen LogP contribution in [0, 0.1) is 6.92 Å². The van der Waals surface area contributed by atoms with Gasteiger partial charge in [0.25, 0.3) is 0 Å². The Hall–Kier alpha value is -1.49. The van der Waals surface area contributed by atoms with Gasteiger partial charge in [-0.15, -0.1) is 0 Å². The quantitative estimate of drug-likeness (QED) is 0.863. The lowest BCUT2D eigenvalue weighted by Gasteiger charge is -2.14. The van der Waals surface area contributed by atoms with Gasteiger partial charge in [-0.05, 0) is 31.0 Å². The third kappa shape index (κ3) is 2.61. The van der Waals surface area contributed by atoms with Crippen molar-refractivity contribution in [2.45, 2.75) is 32.6 Å². The van der Waals surface area contributed by atoms with Crippen molar-refractivity contribution < 1.29 is 0 Å². The molecule has 1 aliphatic rings. The van der Waals surface area contributed by atoms with Gasteiger partial charge in [-0.2, -0.15) is 4.37 Å². The summed E-state index contributed by atoms with van der Waals surface area (Å²) in [5.41, 5.74) is 2.50. The summed E-state index contributed by atoms with van der Waals surface area (Å²) in [7, 11) is 0. The van der Waals surface area contributed by atoms with Crippen molar-refractivity contribution >= 4 is 16.7 Å². The summed E-state index contributed by atoms with van der Waals surface area (Å²) < 4.78 is 4.36. The Morgan fingerprint density at radius 2 is 2.37 bits per heavy atom. The van der Waals surface area contributed by atoms with E-state index in [1.165, 1.54) is 22.8 Å². The Morgan fingerprint density at radius 3 is 3.11 bits per heavy atom. The normalized spacial score (nSPS) is 19.1. The number of hydrogen-bond acceptors (Lipinski definition) is 5. The van der Waals surface area contributed by atoms with Gasteiger partial charge >= 0.3 is 0 Å². The van der Waals surface area contributed by atoms with E-state index in [1.54, 1.807) is 0 Å². The van der Waals surface area contributed by atoms with Gasteiger partial charge in [0, 0.05) is 48.9 Å². The van der Waals surface area contributed by atoms with Gasteiger partial charge in [0.05, 0.1) is 0 Å². The van der Waals surface area contributed by atoms with E-state index in [0.29, 0.717) is 5.92 Å². The van der Waals surface area contributed by atoms with E-state index in [0.717, 1.165) is 36.9 Å². The van der Waals surface area contributed by atoms with Crippen LogP contribution in [0.3, 0.4) is 0 Å². The summed E-state index contributed by atoms with van der Waals surface area (Å²) >= 11 is 1.52. The SMILES string of the molecule is CCc1nsc(N2CC[C@H](c3cc(C)ccn3)C2)n1. The predicted octanol–water partition coefficient (Wildman–Crippen LogP) is 2.80. The summed E-state index contributed by atoms with van der Waals surface area (Å²) in [4.78, 5) is 11.4. The minimum atomic E-state index is 0.522. The molecule has 0 N–H and O–H groups in total. The third-order valence-electron chi connectivity index (χ3n) is 3.59. The predicted molar refractivity (Wildman–Crippen MR) is 77.8 cm³/mol. The topological polar surface area (TPSA) is 41.9 Å². The van der Waals surface area contributed by atoms with Crippen molar-refractivity contribution in [3.05, 3.63) is 35.4 Å². The summed E-state index contributed by atoms with van der Waals surface area (Å²) in [6, 6.07) is 4.25. The molecule has 0 amide bonds. The fraction of sp³-hybridized carbons (Fsp3) is 0.500. The molecule has 1 fully saturated rings. The average molecular weight is 274 g/mol. The molecule has 100 valence electrons. The van der Waals surface area contributed by atoms with E-state index in [4.69, 9.17) is 0 Å². The van der Waals surface area contributed by atoms with E-state index in [-0.39, 0.29) is 0 Å². The summed E-state index contributed by atoms with van der Waals surface area (Å²) in [6.45, 7) is 6.28. The van der Waals surface area contributed by atoms with Gasteiger partial charge in [-0.3, -0.25) is 4.98 Å². The number of pyridine rings is 1. The number of rotatable bonds is 3. The number of hydrogen-bond donors (Lipinski definition) is 0. The molecule has 0 spiro atoms. The van der Waals surface area contributed by atoms with Crippen LogP contribution in [0.4, 0.5) is 5.13 Å². The van der Waals surface area contributed by atoms with Gasteiger partial charge in [-0.25, -0.2) is 4.98 Å². The molecule has 1 aliphatic heterocycles. The van der Waals surface area contributed by atoms with Crippen molar-refractivity contribution in [3.8, 4) is 0 Å². The van der Waals surface area contributed by atoms with Crippen LogP contribution in [-0.4, -0.2) is 27.4 Å². The van der Waals surface area contributed by atoms with Crippen molar-refractivity contribution in [3.63, 3.8) is 0 Å². The van der Waals surface area contributed by atoms with E-state index < -0.39 is 0 Å². The van der Waals surface area contributed by atoms with E-state index in [1.807, 2.05) is 6.20 Å². The zero-order valence-electron chi connectivity index (χ0n) is 11.3. The highest BCUT2D eigenvalue weighted by atomic mass is 32.1. The molecule has 0 aromatic carbocycles. The molecule has 19 heavy (non-hydrogen) atoms. The molecule has 4 nitrogen and oxygen atoms in total. The van der Waals surface area contributed by atoms with Crippen LogP contribution in [0.5, 0.6) is 0 Å². The first kappa shape index (κ1) is 12.5. The van der Waals surface area contributed by atoms with Crippen LogP contribution in [0.15, 0.2) is 18.3 Å². The molecule has 2 aromatic rings. The second kappa shape index (κ2) is 5.25. The average Bonchev–Trinajstić information content (AvgIpc) is 3.07. The lowest BCUT2D eigenvalue weighted by atomic mass is 10.0. The number of anilines is 1. The Morgan fingerprint density at radius 1 is 1.47 bits per heavy atom. The first-order valence-corrected chi connectivity index (χ1v) is 7.53. The molecular weight excluding hydrogens is 256 g/mol. The first-order chi connectivity index (χ1) is 9.26. The fourth-order valence-corrected chi connectivity index (χ4v) is 3.26. The van der Waals surface area contributed by atoms with Crippen LogP contribution in [0.2, 0.25) is 0 Å². The zero-order chi connectivity index (χ0) is 13.2. The molecule has 0 saturated carbocycles. The highest BCUT2D eigenvalue weighted by Crippen LogP contribution is 2.30. The summed E-state index contributed by atoms with van der Waals surface area (Å²) in [5, 5.41) is 1.06. The van der Waals surface area contributed by atoms with Crippen molar-refractivity contribution in [1.29, 1.82) is 0 Å². The summed E-state index contributed by atoms with van der Waals surface area (Å²) in [5.74, 6) is 1.48. The maximum absolute atomic E-state index is 4.57. The molecule has 5 heteroatoms. The largest absolute Gasteiger partial charge is 0.346 e. The van der Waals surface area contributed by atoms with E-state index in [9.17, 15) is 0 Å². The van der Waals surface area contributed by atoms with Crippen LogP contribution >= 0.6 is 11.5 Å². The van der Waals surface area contributed by atoms with Crippen LogP contribution in [0.25, 0.3) is 0 Å². The van der Waals surface area contributed by atoms with Crippen molar-refractivity contribution in [1.82, 2.24) is 14.3 Å². The molecule has 2 aromatic heterocycles. The van der Waals surface area contributed by atoms with Crippen molar-refractivity contribution in [2.75, 3.05) is 18.0 Å². The Balaban J connectivity index is 1.73. The van der Waals surface area contributed by atoms with Crippen LogP contribution < -0.4 is 4.90 Å². The minimum Gasteiger partial charge on any atom is -0.346 e. The molecule has 3 rings (SSSR count). The molecule has 1 saturated heterocycles. The van der Waals surface area contributed by atoms with Crippen molar-refractivity contribution in [2.24, 2.45) is 0 Å². The van der Waals surface area contributed by atoms with Gasteiger partial charge in [0.1, 0.15) is 5.82 Å². The summed E-state index contributed by atoms with van der Waals surface area (Å²) in [6.07, 6.45) is 3.97. The van der Waals surface area contributed by atoms with E-state index in [2.05, 4.69) is 45.2 Å². The van der Waals surface area contributed by atoms with Gasteiger partial charge in [0.2, 0.25) is 5.13 Å². The number of aryl methyl sites for hydroxylation is 2. The maximum Gasteiger partial charge on any atom is 0.205 e. The monoisotopic (exact) mass is 274 g/mol.